The number of nitrogens with one attached hydrogen (secondary N) is 2. The molecular formula is C10H15N7S. The van der Waals surface area contributed by atoms with Crippen LogP contribution in [0.4, 0.5) is 0 Å². The van der Waals surface area contributed by atoms with Gasteiger partial charge in [0, 0.05) is 25.0 Å². The molecular weight excluding hydrogens is 250 g/mol. The fourth-order valence-electron chi connectivity index (χ4n) is 1.17. The van der Waals surface area contributed by atoms with Crippen LogP contribution < -0.4 is 0 Å². The van der Waals surface area contributed by atoms with Crippen LogP contribution in [-0.4, -0.2) is 40.2 Å². The van der Waals surface area contributed by atoms with Gasteiger partial charge in [0.15, 0.2) is 6.19 Å². The van der Waals surface area contributed by atoms with Crippen LogP contribution in [0.15, 0.2) is 21.5 Å². The molecule has 0 atom stereocenters. The second-order valence-corrected chi connectivity index (χ2v) is 4.57. The van der Waals surface area contributed by atoms with E-state index >= 15 is 0 Å². The van der Waals surface area contributed by atoms with Crippen molar-refractivity contribution in [2.24, 2.45) is 10.1 Å². The van der Waals surface area contributed by atoms with Crippen LogP contribution in [0.3, 0.4) is 0 Å². The van der Waals surface area contributed by atoms with E-state index in [1.165, 1.54) is 7.05 Å². The van der Waals surface area contributed by atoms with E-state index in [1.54, 1.807) is 18.1 Å². The summed E-state index contributed by atoms with van der Waals surface area (Å²) < 4.78 is 0. The molecule has 0 radical (unpaired) electrons. The van der Waals surface area contributed by atoms with Crippen molar-refractivity contribution in [1.29, 1.82) is 10.8 Å². The fraction of sp³-hybridized carbons (Fsp3) is 0.500. The third-order valence-corrected chi connectivity index (χ3v) is 3.31. The van der Waals surface area contributed by atoms with Crippen LogP contribution in [-0.2, 0) is 0 Å². The summed E-state index contributed by atoms with van der Waals surface area (Å²) in [5.41, 5.74) is 7.96. The third-order valence-electron chi connectivity index (χ3n) is 2.13. The standard InChI is InChI=1S/C10H15N7S/c1-8-9(15-7-14-8)18-5-3-4-13-10(16-12)17(2)6-11/h7,12H,3-5H2,1-2H3,(H,14,15). The first-order valence-electron chi connectivity index (χ1n) is 5.37. The highest BCUT2D eigenvalue weighted by atomic mass is 32.2. The smallest absolute Gasteiger partial charge is 0.252 e. The Balaban J connectivity index is 2.30. The summed E-state index contributed by atoms with van der Waals surface area (Å²) in [7, 11) is 1.53. The van der Waals surface area contributed by atoms with Gasteiger partial charge in [-0.05, 0) is 13.3 Å². The number of thioether (sulfide) groups is 1. The zero-order chi connectivity index (χ0) is 13.4. The Kier molecular flexibility index (Phi) is 5.87. The molecule has 1 aromatic heterocycles. The molecule has 7 nitrogen and oxygen atoms in total. The van der Waals surface area contributed by atoms with Gasteiger partial charge in [-0.3, -0.25) is 0 Å². The maximum absolute atomic E-state index is 8.63. The Morgan fingerprint density at radius 1 is 1.72 bits per heavy atom. The molecule has 0 spiro atoms. The number of hydrogen-bond acceptors (Lipinski definition) is 5. The van der Waals surface area contributed by atoms with Gasteiger partial charge >= 0.3 is 0 Å². The van der Waals surface area contributed by atoms with Crippen molar-refractivity contribution in [2.45, 2.75) is 18.4 Å². The number of aromatic nitrogens is 2. The molecule has 0 fully saturated rings. The molecule has 1 rings (SSSR count). The molecule has 0 saturated carbocycles. The van der Waals surface area contributed by atoms with Crippen LogP contribution in [0.25, 0.3) is 0 Å². The van der Waals surface area contributed by atoms with Crippen LogP contribution >= 0.6 is 11.8 Å². The highest BCUT2D eigenvalue weighted by Crippen LogP contribution is 2.18. The monoisotopic (exact) mass is 265 g/mol. The third kappa shape index (κ3) is 4.18. The number of imidazole rings is 1. The zero-order valence-electron chi connectivity index (χ0n) is 10.3. The Morgan fingerprint density at radius 3 is 3.06 bits per heavy atom. The van der Waals surface area contributed by atoms with E-state index in [0.29, 0.717) is 6.54 Å². The lowest BCUT2D eigenvalue weighted by Crippen LogP contribution is -2.19. The lowest BCUT2D eigenvalue weighted by Gasteiger charge is -2.05. The van der Waals surface area contributed by atoms with E-state index in [0.717, 1.165) is 27.8 Å². The SMILES string of the molecule is Cc1[nH]cnc1SCCCN=C(N=N)N(C)C#N. The number of nitriles is 1. The number of nitrogens with zero attached hydrogens (tertiary/aromatic N) is 5. The summed E-state index contributed by atoms with van der Waals surface area (Å²) in [5, 5.41) is 12.8. The molecule has 0 aliphatic carbocycles. The minimum atomic E-state index is 0.137. The highest BCUT2D eigenvalue weighted by molar-refractivity contribution is 7.99. The Bertz CT molecular complexity index is 459. The van der Waals surface area contributed by atoms with Crippen molar-refractivity contribution in [3.63, 3.8) is 0 Å². The Hall–Kier alpha value is -1.88. The molecule has 18 heavy (non-hydrogen) atoms. The first kappa shape index (κ1) is 14.2. The molecule has 0 amide bonds. The lowest BCUT2D eigenvalue weighted by atomic mass is 10.5. The maximum Gasteiger partial charge on any atom is 0.252 e. The number of rotatable bonds is 5. The minimum Gasteiger partial charge on any atom is -0.348 e. The number of guanidine groups is 1. The Morgan fingerprint density at radius 2 is 2.50 bits per heavy atom. The van der Waals surface area contributed by atoms with Crippen molar-refractivity contribution in [3.8, 4) is 6.19 Å². The number of aryl methyl sites for hydroxylation is 1. The average molecular weight is 265 g/mol. The molecule has 0 aliphatic rings. The van der Waals surface area contributed by atoms with Gasteiger partial charge in [-0.1, -0.05) is 0 Å². The number of aliphatic imine (C=N–C) groups is 1. The van der Waals surface area contributed by atoms with Crippen molar-refractivity contribution < 1.29 is 0 Å². The van der Waals surface area contributed by atoms with Gasteiger partial charge in [0.2, 0.25) is 0 Å². The van der Waals surface area contributed by atoms with Gasteiger partial charge < -0.3 is 4.98 Å². The summed E-state index contributed by atoms with van der Waals surface area (Å²) >= 11 is 1.66. The average Bonchev–Trinajstić information content (AvgIpc) is 2.78. The van der Waals surface area contributed by atoms with Gasteiger partial charge in [0.1, 0.15) is 5.03 Å². The topological polar surface area (TPSA) is 104 Å². The van der Waals surface area contributed by atoms with E-state index in [1.807, 2.05) is 13.1 Å². The van der Waals surface area contributed by atoms with Crippen molar-refractivity contribution in [3.05, 3.63) is 12.0 Å². The zero-order valence-corrected chi connectivity index (χ0v) is 11.2. The Labute approximate surface area is 110 Å². The van der Waals surface area contributed by atoms with Crippen molar-refractivity contribution in [2.75, 3.05) is 19.3 Å². The summed E-state index contributed by atoms with van der Waals surface area (Å²) in [5.74, 6) is 1.02. The van der Waals surface area contributed by atoms with Crippen molar-refractivity contribution in [1.82, 2.24) is 14.9 Å². The largest absolute Gasteiger partial charge is 0.348 e. The summed E-state index contributed by atoms with van der Waals surface area (Å²) in [4.78, 5) is 12.4. The lowest BCUT2D eigenvalue weighted by molar-refractivity contribution is 0.682. The van der Waals surface area contributed by atoms with E-state index in [2.05, 4.69) is 20.1 Å². The number of H-pyrrole nitrogens is 1. The van der Waals surface area contributed by atoms with Gasteiger partial charge in [-0.15, -0.1) is 16.9 Å². The molecule has 1 aromatic rings. The second-order valence-electron chi connectivity index (χ2n) is 3.49. The molecule has 1 heterocycles. The molecule has 2 N–H and O–H groups in total. The molecule has 0 bridgehead atoms. The first-order valence-corrected chi connectivity index (χ1v) is 6.35. The normalized spacial score (nSPS) is 11.1. The fourth-order valence-corrected chi connectivity index (χ4v) is 2.03. The molecule has 0 saturated heterocycles. The molecule has 8 heteroatoms. The molecule has 96 valence electrons. The predicted molar refractivity (Wildman–Crippen MR) is 69.5 cm³/mol. The quantitative estimate of drug-likeness (QED) is 0.161. The molecule has 0 aromatic carbocycles. The summed E-state index contributed by atoms with van der Waals surface area (Å²) in [6.45, 7) is 2.52. The first-order chi connectivity index (χ1) is 8.69. The van der Waals surface area contributed by atoms with Gasteiger partial charge in [-0.2, -0.15) is 5.26 Å². The molecule has 0 aliphatic heterocycles. The predicted octanol–water partition coefficient (Wildman–Crippen LogP) is 2.00. The van der Waals surface area contributed by atoms with E-state index in [4.69, 9.17) is 10.8 Å². The van der Waals surface area contributed by atoms with Crippen LogP contribution in [0.5, 0.6) is 0 Å². The van der Waals surface area contributed by atoms with E-state index in [-0.39, 0.29) is 5.96 Å². The van der Waals surface area contributed by atoms with Gasteiger partial charge in [0.05, 0.1) is 6.33 Å². The highest BCUT2D eigenvalue weighted by Gasteiger charge is 2.03. The van der Waals surface area contributed by atoms with E-state index < -0.39 is 0 Å². The minimum absolute atomic E-state index is 0.137. The van der Waals surface area contributed by atoms with E-state index in [9.17, 15) is 0 Å². The van der Waals surface area contributed by atoms with Crippen LogP contribution in [0, 0.1) is 23.9 Å². The summed E-state index contributed by atoms with van der Waals surface area (Å²) in [6.07, 6.45) is 4.37. The van der Waals surface area contributed by atoms with Crippen molar-refractivity contribution >= 4 is 17.7 Å². The maximum atomic E-state index is 8.63. The number of aromatic amines is 1. The number of hydrogen-bond donors (Lipinski definition) is 2. The molecule has 0 unspecified atom stereocenters. The van der Waals surface area contributed by atoms with Gasteiger partial charge in [0.25, 0.3) is 5.96 Å². The van der Waals surface area contributed by atoms with Gasteiger partial charge in [-0.25, -0.2) is 20.4 Å². The van der Waals surface area contributed by atoms with Crippen LogP contribution in [0.2, 0.25) is 0 Å². The second kappa shape index (κ2) is 7.45. The van der Waals surface area contributed by atoms with Crippen LogP contribution in [0.1, 0.15) is 12.1 Å². The summed E-state index contributed by atoms with van der Waals surface area (Å²) in [6, 6.07) is 0.